The number of carbonyl (C=O) groups excluding carboxylic acids is 1. The number of rotatable bonds is 2. The maximum Gasteiger partial charge on any atom is 0.257 e. The second-order valence-electron chi connectivity index (χ2n) is 4.10. The van der Waals surface area contributed by atoms with E-state index < -0.39 is 11.7 Å². The van der Waals surface area contributed by atoms with Crippen molar-refractivity contribution in [1.82, 2.24) is 0 Å². The molecular formula is C14H11ClFNO2. The highest BCUT2D eigenvalue weighted by Gasteiger charge is 2.13. The zero-order valence-corrected chi connectivity index (χ0v) is 10.8. The first-order valence-electron chi connectivity index (χ1n) is 5.53. The highest BCUT2D eigenvalue weighted by Crippen LogP contribution is 2.23. The van der Waals surface area contributed by atoms with Gasteiger partial charge in [0.1, 0.15) is 11.6 Å². The fourth-order valence-corrected chi connectivity index (χ4v) is 1.82. The molecule has 5 heteroatoms. The summed E-state index contributed by atoms with van der Waals surface area (Å²) in [5.74, 6) is -1.19. The first-order chi connectivity index (χ1) is 8.97. The van der Waals surface area contributed by atoms with Crippen LogP contribution in [0.15, 0.2) is 36.4 Å². The minimum absolute atomic E-state index is 0.0735. The Morgan fingerprint density at radius 3 is 2.74 bits per heavy atom. The maximum absolute atomic E-state index is 13.5. The maximum atomic E-state index is 13.5. The van der Waals surface area contributed by atoms with Crippen molar-refractivity contribution in [3.05, 3.63) is 58.4 Å². The fraction of sp³-hybridized carbons (Fsp3) is 0.0714. The predicted molar refractivity (Wildman–Crippen MR) is 72.2 cm³/mol. The summed E-state index contributed by atoms with van der Waals surface area (Å²) in [5, 5.41) is 11.9. The molecule has 0 aliphatic heterocycles. The van der Waals surface area contributed by atoms with Crippen molar-refractivity contribution in [2.24, 2.45) is 0 Å². The van der Waals surface area contributed by atoms with Crippen LogP contribution in [0, 0.1) is 12.7 Å². The molecule has 2 rings (SSSR count). The van der Waals surface area contributed by atoms with Crippen LogP contribution in [0.3, 0.4) is 0 Å². The van der Waals surface area contributed by atoms with Gasteiger partial charge in [0.2, 0.25) is 0 Å². The van der Waals surface area contributed by atoms with Crippen LogP contribution in [0.5, 0.6) is 5.75 Å². The molecule has 0 radical (unpaired) electrons. The van der Waals surface area contributed by atoms with Crippen molar-refractivity contribution in [3.63, 3.8) is 0 Å². The third-order valence-corrected chi connectivity index (χ3v) is 2.89. The van der Waals surface area contributed by atoms with Crippen molar-refractivity contribution in [2.45, 2.75) is 6.92 Å². The molecule has 0 unspecified atom stereocenters. The molecule has 0 aliphatic carbocycles. The number of hydrogen-bond donors (Lipinski definition) is 2. The molecule has 0 heterocycles. The Morgan fingerprint density at radius 2 is 2.00 bits per heavy atom. The Hall–Kier alpha value is -2.07. The zero-order valence-electron chi connectivity index (χ0n) is 10.1. The molecule has 3 nitrogen and oxygen atoms in total. The van der Waals surface area contributed by atoms with Crippen LogP contribution in [0.25, 0.3) is 0 Å². The molecule has 0 bridgehead atoms. The fourth-order valence-electron chi connectivity index (χ4n) is 1.61. The second kappa shape index (κ2) is 5.28. The summed E-state index contributed by atoms with van der Waals surface area (Å²) in [6.45, 7) is 1.79. The average molecular weight is 280 g/mol. The van der Waals surface area contributed by atoms with Crippen LogP contribution < -0.4 is 5.32 Å². The number of hydrogen-bond acceptors (Lipinski definition) is 2. The van der Waals surface area contributed by atoms with Gasteiger partial charge in [0, 0.05) is 0 Å². The Bertz CT molecular complexity index is 643. The minimum atomic E-state index is -0.578. The number of aryl methyl sites for hydroxylation is 1. The van der Waals surface area contributed by atoms with Gasteiger partial charge in [-0.25, -0.2) is 4.39 Å². The lowest BCUT2D eigenvalue weighted by molar-refractivity contribution is 0.102. The van der Waals surface area contributed by atoms with Gasteiger partial charge in [-0.15, -0.1) is 0 Å². The molecular weight excluding hydrogens is 269 g/mol. The normalized spacial score (nSPS) is 10.3. The summed E-state index contributed by atoms with van der Waals surface area (Å²) < 4.78 is 13.5. The highest BCUT2D eigenvalue weighted by atomic mass is 35.5. The third kappa shape index (κ3) is 3.03. The molecule has 19 heavy (non-hydrogen) atoms. The van der Waals surface area contributed by atoms with Gasteiger partial charge in [0.05, 0.1) is 16.3 Å². The second-order valence-corrected chi connectivity index (χ2v) is 4.51. The Morgan fingerprint density at radius 1 is 1.26 bits per heavy atom. The van der Waals surface area contributed by atoms with E-state index >= 15 is 0 Å². The van der Waals surface area contributed by atoms with Crippen LogP contribution in [-0.4, -0.2) is 11.0 Å². The van der Waals surface area contributed by atoms with Crippen LogP contribution in [0.2, 0.25) is 5.02 Å². The van der Waals surface area contributed by atoms with Gasteiger partial charge in [-0.05, 0) is 42.8 Å². The van der Waals surface area contributed by atoms with E-state index in [4.69, 9.17) is 11.6 Å². The number of amides is 1. The molecule has 0 saturated heterocycles. The van der Waals surface area contributed by atoms with Crippen LogP contribution in [0.1, 0.15) is 15.9 Å². The van der Waals surface area contributed by atoms with Gasteiger partial charge in [0.15, 0.2) is 0 Å². The number of benzene rings is 2. The summed E-state index contributed by atoms with van der Waals surface area (Å²) in [4.78, 5) is 12.0. The van der Waals surface area contributed by atoms with Crippen LogP contribution in [-0.2, 0) is 0 Å². The van der Waals surface area contributed by atoms with Gasteiger partial charge in [0.25, 0.3) is 5.91 Å². The molecule has 2 aromatic carbocycles. The summed E-state index contributed by atoms with van der Waals surface area (Å²) in [6.07, 6.45) is 0. The summed E-state index contributed by atoms with van der Waals surface area (Å²) in [6, 6.07) is 8.39. The monoisotopic (exact) mass is 279 g/mol. The summed E-state index contributed by atoms with van der Waals surface area (Å²) in [7, 11) is 0. The average Bonchev–Trinajstić information content (AvgIpc) is 2.36. The molecule has 0 spiro atoms. The van der Waals surface area contributed by atoms with Crippen molar-refractivity contribution < 1.29 is 14.3 Å². The van der Waals surface area contributed by atoms with Crippen molar-refractivity contribution in [2.75, 3.05) is 5.32 Å². The summed E-state index contributed by atoms with van der Waals surface area (Å²) >= 11 is 5.86. The lowest BCUT2D eigenvalue weighted by atomic mass is 10.1. The first-order valence-corrected chi connectivity index (χ1v) is 5.91. The topological polar surface area (TPSA) is 49.3 Å². The number of phenols is 1. The molecule has 2 N–H and O–H groups in total. The largest absolute Gasteiger partial charge is 0.508 e. The van der Waals surface area contributed by atoms with E-state index in [9.17, 15) is 14.3 Å². The van der Waals surface area contributed by atoms with E-state index in [0.717, 1.165) is 5.56 Å². The number of phenolic OH excluding ortho intramolecular Hbond substituents is 1. The molecule has 0 saturated carbocycles. The SMILES string of the molecule is Cc1ccc(F)c(NC(=O)c2cc(O)ccc2Cl)c1. The van der Waals surface area contributed by atoms with Crippen LogP contribution in [0.4, 0.5) is 10.1 Å². The van der Waals surface area contributed by atoms with Crippen molar-refractivity contribution >= 4 is 23.2 Å². The smallest absolute Gasteiger partial charge is 0.257 e. The van der Waals surface area contributed by atoms with E-state index in [0.29, 0.717) is 0 Å². The lowest BCUT2D eigenvalue weighted by Gasteiger charge is -2.08. The molecule has 98 valence electrons. The Labute approximate surface area is 114 Å². The number of halogens is 2. The van der Waals surface area contributed by atoms with Gasteiger partial charge >= 0.3 is 0 Å². The highest BCUT2D eigenvalue weighted by molar-refractivity contribution is 6.34. The van der Waals surface area contributed by atoms with Crippen molar-refractivity contribution in [1.29, 1.82) is 0 Å². The lowest BCUT2D eigenvalue weighted by Crippen LogP contribution is -2.13. The van der Waals surface area contributed by atoms with Gasteiger partial charge in [-0.2, -0.15) is 0 Å². The first kappa shape index (κ1) is 13.4. The van der Waals surface area contributed by atoms with Gasteiger partial charge in [-0.1, -0.05) is 17.7 Å². The Balaban J connectivity index is 2.30. The molecule has 0 aromatic heterocycles. The quantitative estimate of drug-likeness (QED) is 0.880. The van der Waals surface area contributed by atoms with Gasteiger partial charge in [-0.3, -0.25) is 4.79 Å². The minimum Gasteiger partial charge on any atom is -0.508 e. The van der Waals surface area contributed by atoms with Crippen LogP contribution >= 0.6 is 11.6 Å². The molecule has 0 aliphatic rings. The van der Waals surface area contributed by atoms with E-state index in [1.54, 1.807) is 13.0 Å². The molecule has 2 aromatic rings. The number of nitrogens with one attached hydrogen (secondary N) is 1. The molecule has 1 amide bonds. The van der Waals surface area contributed by atoms with E-state index in [1.165, 1.54) is 30.3 Å². The van der Waals surface area contributed by atoms with Gasteiger partial charge < -0.3 is 10.4 Å². The summed E-state index contributed by atoms with van der Waals surface area (Å²) in [5.41, 5.74) is 0.977. The number of aromatic hydroxyl groups is 1. The number of anilines is 1. The molecule has 0 atom stereocenters. The van der Waals surface area contributed by atoms with E-state index in [-0.39, 0.29) is 22.0 Å². The predicted octanol–water partition coefficient (Wildman–Crippen LogP) is 3.75. The van der Waals surface area contributed by atoms with E-state index in [2.05, 4.69) is 5.32 Å². The van der Waals surface area contributed by atoms with Crippen molar-refractivity contribution in [3.8, 4) is 5.75 Å². The third-order valence-electron chi connectivity index (χ3n) is 2.56. The zero-order chi connectivity index (χ0) is 14.0. The Kier molecular flexibility index (Phi) is 3.71. The molecule has 0 fully saturated rings. The van der Waals surface area contributed by atoms with E-state index in [1.807, 2.05) is 0 Å². The number of carbonyl (C=O) groups is 1. The standard InChI is InChI=1S/C14H11ClFNO2/c1-8-2-5-12(16)13(6-8)17-14(19)10-7-9(18)3-4-11(10)15/h2-7,18H,1H3,(H,17,19).